The third kappa shape index (κ3) is 3.47. The molecule has 0 radical (unpaired) electrons. The topological polar surface area (TPSA) is 35.2 Å². The maximum atomic E-state index is 5.92. The molecule has 6 heteroatoms. The second kappa shape index (κ2) is 6.80. The van der Waals surface area contributed by atoms with Gasteiger partial charge in [0.1, 0.15) is 16.5 Å². The Morgan fingerprint density at radius 2 is 2.05 bits per heavy atom. The van der Waals surface area contributed by atoms with Crippen LogP contribution in [0.25, 0.3) is 0 Å². The minimum absolute atomic E-state index is 0.315. The van der Waals surface area contributed by atoms with E-state index >= 15 is 0 Å². The predicted octanol–water partition coefficient (Wildman–Crippen LogP) is 5.25. The number of rotatable bonds is 4. The van der Waals surface area contributed by atoms with Crippen molar-refractivity contribution in [3.05, 3.63) is 51.5 Å². The molecule has 0 saturated carbocycles. The van der Waals surface area contributed by atoms with Gasteiger partial charge >= 0.3 is 0 Å². The van der Waals surface area contributed by atoms with E-state index in [2.05, 4.69) is 15.9 Å². The van der Waals surface area contributed by atoms with E-state index in [4.69, 9.17) is 34.3 Å². The van der Waals surface area contributed by atoms with Crippen molar-refractivity contribution in [3.8, 4) is 11.5 Å². The number of benzene rings is 2. The van der Waals surface area contributed by atoms with Gasteiger partial charge in [0.2, 0.25) is 0 Å². The molecule has 0 aliphatic rings. The summed E-state index contributed by atoms with van der Waals surface area (Å²) in [5, 5.41) is 0.636. The van der Waals surface area contributed by atoms with Crippen LogP contribution in [0.1, 0.15) is 5.56 Å². The lowest BCUT2D eigenvalue weighted by Crippen LogP contribution is -2.12. The molecule has 20 heavy (non-hydrogen) atoms. The third-order valence-electron chi connectivity index (χ3n) is 2.57. The van der Waals surface area contributed by atoms with Crippen LogP contribution in [0.5, 0.6) is 11.5 Å². The summed E-state index contributed by atoms with van der Waals surface area (Å²) in [5.41, 5.74) is 6.56. The molecule has 2 rings (SSSR count). The van der Waals surface area contributed by atoms with Gasteiger partial charge in [-0.2, -0.15) is 0 Å². The van der Waals surface area contributed by atoms with E-state index in [-0.39, 0.29) is 0 Å². The molecule has 2 aromatic carbocycles. The van der Waals surface area contributed by atoms with Crippen LogP contribution in [0.3, 0.4) is 0 Å². The SMILES string of the molecule is CSc1cccc(Oc2ccc(Cl)cc2Br)c1C(N)=S. The van der Waals surface area contributed by atoms with Crippen LogP contribution >= 0.6 is 51.5 Å². The largest absolute Gasteiger partial charge is 0.455 e. The zero-order valence-electron chi connectivity index (χ0n) is 10.5. The van der Waals surface area contributed by atoms with Crippen molar-refractivity contribution in [1.29, 1.82) is 0 Å². The summed E-state index contributed by atoms with van der Waals surface area (Å²) in [7, 11) is 0. The van der Waals surface area contributed by atoms with E-state index in [0.29, 0.717) is 21.5 Å². The van der Waals surface area contributed by atoms with Gasteiger partial charge in [-0.05, 0) is 52.5 Å². The smallest absolute Gasteiger partial charge is 0.141 e. The van der Waals surface area contributed by atoms with Crippen LogP contribution in [0.2, 0.25) is 5.02 Å². The van der Waals surface area contributed by atoms with Crippen molar-refractivity contribution < 1.29 is 4.74 Å². The van der Waals surface area contributed by atoms with Gasteiger partial charge in [-0.25, -0.2) is 0 Å². The van der Waals surface area contributed by atoms with Gasteiger partial charge < -0.3 is 10.5 Å². The average molecular weight is 389 g/mol. The third-order valence-corrected chi connectivity index (χ3v) is 4.41. The Morgan fingerprint density at radius 3 is 2.65 bits per heavy atom. The van der Waals surface area contributed by atoms with E-state index in [0.717, 1.165) is 14.9 Å². The molecule has 0 heterocycles. The summed E-state index contributed by atoms with van der Waals surface area (Å²) in [5.74, 6) is 1.29. The molecule has 0 bridgehead atoms. The number of halogens is 2. The Labute approximate surface area is 140 Å². The molecule has 0 spiro atoms. The molecule has 0 aliphatic carbocycles. The standard InChI is InChI=1S/C14H11BrClNOS2/c1-20-12-4-2-3-11(13(12)14(17)19)18-10-6-5-8(16)7-9(10)15/h2-7H,1H3,(H2,17,19). The minimum Gasteiger partial charge on any atom is -0.455 e. The fourth-order valence-corrected chi connectivity index (χ4v) is 3.35. The highest BCUT2D eigenvalue weighted by molar-refractivity contribution is 9.10. The first-order chi connectivity index (χ1) is 9.52. The predicted molar refractivity (Wildman–Crippen MR) is 93.3 cm³/mol. The van der Waals surface area contributed by atoms with E-state index in [9.17, 15) is 0 Å². The molecule has 0 saturated heterocycles. The van der Waals surface area contributed by atoms with Crippen LogP contribution in [0, 0.1) is 0 Å². The van der Waals surface area contributed by atoms with Crippen molar-refractivity contribution in [2.45, 2.75) is 4.90 Å². The monoisotopic (exact) mass is 387 g/mol. The summed E-state index contributed by atoms with van der Waals surface area (Å²) >= 11 is 16.0. The summed E-state index contributed by atoms with van der Waals surface area (Å²) in [4.78, 5) is 1.30. The van der Waals surface area contributed by atoms with Crippen LogP contribution < -0.4 is 10.5 Å². The second-order valence-corrected chi connectivity index (χ2v) is 6.45. The second-order valence-electron chi connectivity index (χ2n) is 3.87. The van der Waals surface area contributed by atoms with Gasteiger partial charge in [0.15, 0.2) is 0 Å². The van der Waals surface area contributed by atoms with Crippen molar-refractivity contribution in [2.24, 2.45) is 5.73 Å². The number of hydrogen-bond acceptors (Lipinski definition) is 3. The van der Waals surface area contributed by atoms with Crippen molar-refractivity contribution >= 4 is 56.5 Å². The first-order valence-electron chi connectivity index (χ1n) is 5.62. The quantitative estimate of drug-likeness (QED) is 0.573. The van der Waals surface area contributed by atoms with Gasteiger partial charge in [0.05, 0.1) is 10.0 Å². The molecule has 2 aromatic rings. The molecule has 0 aromatic heterocycles. The van der Waals surface area contributed by atoms with Crippen LogP contribution in [-0.2, 0) is 0 Å². The Bertz CT molecular complexity index is 664. The summed E-state index contributed by atoms with van der Waals surface area (Å²) in [6.07, 6.45) is 1.97. The molecule has 2 N–H and O–H groups in total. The van der Waals surface area contributed by atoms with Crippen molar-refractivity contribution in [2.75, 3.05) is 6.26 Å². The highest BCUT2D eigenvalue weighted by Crippen LogP contribution is 2.36. The van der Waals surface area contributed by atoms with Crippen LogP contribution in [0.15, 0.2) is 45.8 Å². The maximum absolute atomic E-state index is 5.92. The Morgan fingerprint density at radius 1 is 1.30 bits per heavy atom. The highest BCUT2D eigenvalue weighted by Gasteiger charge is 2.13. The van der Waals surface area contributed by atoms with Crippen LogP contribution in [-0.4, -0.2) is 11.2 Å². The lowest BCUT2D eigenvalue weighted by Gasteiger charge is -2.14. The molecule has 0 atom stereocenters. The van der Waals surface area contributed by atoms with Crippen molar-refractivity contribution in [3.63, 3.8) is 0 Å². The van der Waals surface area contributed by atoms with E-state index in [1.54, 1.807) is 30.0 Å². The summed E-state index contributed by atoms with van der Waals surface area (Å²) < 4.78 is 6.68. The summed E-state index contributed by atoms with van der Waals surface area (Å²) in [6, 6.07) is 11.0. The molecule has 2 nitrogen and oxygen atoms in total. The van der Waals surface area contributed by atoms with Crippen LogP contribution in [0.4, 0.5) is 0 Å². The number of thiocarbonyl (C=S) groups is 1. The first-order valence-corrected chi connectivity index (χ1v) is 8.43. The molecule has 0 aliphatic heterocycles. The Balaban J connectivity index is 2.45. The van der Waals surface area contributed by atoms with Gasteiger partial charge in [-0.1, -0.05) is 29.9 Å². The number of hydrogen-bond donors (Lipinski definition) is 1. The molecule has 0 amide bonds. The Kier molecular flexibility index (Phi) is 5.32. The molecule has 0 fully saturated rings. The van der Waals surface area contributed by atoms with Gasteiger partial charge in [-0.15, -0.1) is 11.8 Å². The van der Waals surface area contributed by atoms with Crippen molar-refractivity contribution in [1.82, 2.24) is 0 Å². The maximum Gasteiger partial charge on any atom is 0.141 e. The fraction of sp³-hybridized carbons (Fsp3) is 0.0714. The minimum atomic E-state index is 0.315. The van der Waals surface area contributed by atoms with Gasteiger partial charge in [0.25, 0.3) is 0 Å². The Hall–Kier alpha value is -0.750. The average Bonchev–Trinajstić information content (AvgIpc) is 2.41. The zero-order valence-corrected chi connectivity index (χ0v) is 14.5. The summed E-state index contributed by atoms with van der Waals surface area (Å²) in [6.45, 7) is 0. The fourth-order valence-electron chi connectivity index (χ4n) is 1.69. The highest BCUT2D eigenvalue weighted by atomic mass is 79.9. The normalized spacial score (nSPS) is 10.3. The van der Waals surface area contributed by atoms with E-state index < -0.39 is 0 Å². The van der Waals surface area contributed by atoms with E-state index in [1.165, 1.54) is 0 Å². The zero-order chi connectivity index (χ0) is 14.7. The van der Waals surface area contributed by atoms with E-state index in [1.807, 2.05) is 24.5 Å². The molecular weight excluding hydrogens is 378 g/mol. The first kappa shape index (κ1) is 15.6. The van der Waals surface area contributed by atoms with Gasteiger partial charge in [-0.3, -0.25) is 0 Å². The molecule has 0 unspecified atom stereocenters. The number of nitrogens with two attached hydrogens (primary N) is 1. The lowest BCUT2D eigenvalue weighted by atomic mass is 10.2. The number of thioether (sulfide) groups is 1. The molecular formula is C14H11BrClNOS2. The van der Waals surface area contributed by atoms with Gasteiger partial charge in [0, 0.05) is 9.92 Å². The molecule has 104 valence electrons. The number of ether oxygens (including phenoxy) is 1. The lowest BCUT2D eigenvalue weighted by molar-refractivity contribution is 0.477.